The molecule has 1 aromatic heterocycles. The average molecular weight is 557 g/mol. The SMILES string of the molecule is COc1ccc(N(C)C(=O)c2cnccc2CN2C(=O)N(c3ccc(SC(F)(F)F)cc3)C(=O)C23CC3)cc1. The van der Waals surface area contributed by atoms with Crippen LogP contribution in [0.2, 0.25) is 0 Å². The van der Waals surface area contributed by atoms with Crippen LogP contribution in [0.1, 0.15) is 28.8 Å². The summed E-state index contributed by atoms with van der Waals surface area (Å²) >= 11 is -0.272. The third kappa shape index (κ3) is 5.03. The lowest BCUT2D eigenvalue weighted by Gasteiger charge is -2.24. The van der Waals surface area contributed by atoms with Crippen LogP contribution < -0.4 is 14.5 Å². The first kappa shape index (κ1) is 26.5. The van der Waals surface area contributed by atoms with Crippen LogP contribution in [0.4, 0.5) is 29.3 Å². The second-order valence-electron chi connectivity index (χ2n) is 9.18. The number of benzene rings is 2. The van der Waals surface area contributed by atoms with Crippen molar-refractivity contribution >= 4 is 41.0 Å². The summed E-state index contributed by atoms with van der Waals surface area (Å²) in [5, 5.41) is 0. The number of anilines is 2. The van der Waals surface area contributed by atoms with E-state index in [1.54, 1.807) is 44.5 Å². The van der Waals surface area contributed by atoms with E-state index in [-0.39, 0.29) is 40.4 Å². The van der Waals surface area contributed by atoms with Crippen LogP contribution in [0.3, 0.4) is 0 Å². The zero-order valence-corrected chi connectivity index (χ0v) is 21.8. The maximum Gasteiger partial charge on any atom is 0.446 e. The van der Waals surface area contributed by atoms with Gasteiger partial charge in [-0.2, -0.15) is 13.2 Å². The lowest BCUT2D eigenvalue weighted by Crippen LogP contribution is -2.37. The molecule has 4 amide bonds. The van der Waals surface area contributed by atoms with Crippen LogP contribution in [0.15, 0.2) is 71.9 Å². The summed E-state index contributed by atoms with van der Waals surface area (Å²) in [6.45, 7) is -0.0108. The highest BCUT2D eigenvalue weighted by atomic mass is 32.2. The molecule has 12 heteroatoms. The molecule has 3 aromatic rings. The van der Waals surface area contributed by atoms with Gasteiger partial charge in [-0.25, -0.2) is 9.69 Å². The van der Waals surface area contributed by atoms with Crippen molar-refractivity contribution in [2.24, 2.45) is 0 Å². The number of urea groups is 1. The number of thioether (sulfide) groups is 1. The van der Waals surface area contributed by atoms with Gasteiger partial charge in [-0.05, 0) is 84.8 Å². The van der Waals surface area contributed by atoms with E-state index >= 15 is 0 Å². The highest BCUT2D eigenvalue weighted by Gasteiger charge is 2.65. The fraction of sp³-hybridized carbons (Fsp3) is 0.259. The van der Waals surface area contributed by atoms with Gasteiger partial charge in [0, 0.05) is 36.6 Å². The molecule has 1 saturated heterocycles. The van der Waals surface area contributed by atoms with E-state index < -0.39 is 23.0 Å². The number of alkyl halides is 3. The number of methoxy groups -OCH3 is 1. The van der Waals surface area contributed by atoms with Crippen LogP contribution in [0.25, 0.3) is 0 Å². The summed E-state index contributed by atoms with van der Waals surface area (Å²) < 4.78 is 43.3. The number of pyridine rings is 1. The summed E-state index contributed by atoms with van der Waals surface area (Å²) in [6, 6.07) is 13.1. The van der Waals surface area contributed by atoms with Crippen molar-refractivity contribution in [1.82, 2.24) is 9.88 Å². The molecule has 2 aromatic carbocycles. The molecule has 1 spiro atoms. The summed E-state index contributed by atoms with van der Waals surface area (Å²) in [4.78, 5) is 48.2. The number of carbonyl (C=O) groups excluding carboxylic acids is 3. The molecule has 5 rings (SSSR count). The number of nitrogens with zero attached hydrogens (tertiary/aromatic N) is 4. The fourth-order valence-electron chi connectivity index (χ4n) is 4.59. The average Bonchev–Trinajstić information content (AvgIpc) is 3.70. The number of aromatic nitrogens is 1. The van der Waals surface area contributed by atoms with E-state index in [4.69, 9.17) is 4.74 Å². The van der Waals surface area contributed by atoms with Gasteiger partial charge in [-0.3, -0.25) is 14.6 Å². The zero-order chi connectivity index (χ0) is 27.9. The number of carbonyl (C=O) groups is 3. The number of hydrogen-bond donors (Lipinski definition) is 0. The molecule has 1 saturated carbocycles. The Morgan fingerprint density at radius 1 is 1.08 bits per heavy atom. The molecule has 2 aliphatic rings. The molecular weight excluding hydrogens is 533 g/mol. The molecule has 0 N–H and O–H groups in total. The van der Waals surface area contributed by atoms with Gasteiger partial charge in [0.1, 0.15) is 11.3 Å². The lowest BCUT2D eigenvalue weighted by atomic mass is 10.1. The van der Waals surface area contributed by atoms with Crippen LogP contribution >= 0.6 is 11.8 Å². The van der Waals surface area contributed by atoms with E-state index in [9.17, 15) is 27.6 Å². The summed E-state index contributed by atoms with van der Waals surface area (Å²) in [7, 11) is 3.17. The van der Waals surface area contributed by atoms with Crippen LogP contribution in [-0.4, -0.2) is 52.9 Å². The number of rotatable bonds is 7. The highest BCUT2D eigenvalue weighted by Crippen LogP contribution is 2.50. The molecule has 39 heavy (non-hydrogen) atoms. The summed E-state index contributed by atoms with van der Waals surface area (Å²) in [5.41, 5.74) is -3.88. The largest absolute Gasteiger partial charge is 0.497 e. The predicted octanol–water partition coefficient (Wildman–Crippen LogP) is 5.48. The predicted molar refractivity (Wildman–Crippen MR) is 139 cm³/mol. The summed E-state index contributed by atoms with van der Waals surface area (Å²) in [5.74, 6) is -0.131. The van der Waals surface area contributed by atoms with Crippen LogP contribution in [0, 0.1) is 0 Å². The minimum atomic E-state index is -4.45. The normalized spacial score (nSPS) is 16.1. The van der Waals surface area contributed by atoms with E-state index in [1.807, 2.05) is 0 Å². The van der Waals surface area contributed by atoms with E-state index in [0.717, 1.165) is 4.90 Å². The topological polar surface area (TPSA) is 83.1 Å². The number of hydrogen-bond acceptors (Lipinski definition) is 6. The van der Waals surface area contributed by atoms with Crippen molar-refractivity contribution in [2.75, 3.05) is 24.0 Å². The summed E-state index contributed by atoms with van der Waals surface area (Å²) in [6.07, 6.45) is 3.84. The molecule has 0 bridgehead atoms. The molecular formula is C27H23F3N4O4S. The molecule has 0 atom stereocenters. The fourth-order valence-corrected chi connectivity index (χ4v) is 5.13. The van der Waals surface area contributed by atoms with E-state index in [1.165, 1.54) is 46.5 Å². The molecule has 202 valence electrons. The standard InChI is InChI=1S/C27H23F3N4O4S/c1-32(18-3-7-20(38-2)8-4-18)23(35)22-15-31-14-11-17(22)16-33-25(37)34(24(36)26(33)12-13-26)19-5-9-21(10-6-19)39-27(28,29)30/h3-11,14-15H,12-13,16H2,1-2H3. The second-order valence-corrected chi connectivity index (χ2v) is 10.3. The van der Waals surface area contributed by atoms with Crippen molar-refractivity contribution in [1.29, 1.82) is 0 Å². The first-order valence-corrected chi connectivity index (χ1v) is 12.7. The Labute approximate surface area is 226 Å². The Hall–Kier alpha value is -4.06. The first-order chi connectivity index (χ1) is 18.5. The Morgan fingerprint density at radius 2 is 1.74 bits per heavy atom. The van der Waals surface area contributed by atoms with Gasteiger partial charge in [-0.15, -0.1) is 0 Å². The highest BCUT2D eigenvalue weighted by molar-refractivity contribution is 8.00. The lowest BCUT2D eigenvalue weighted by molar-refractivity contribution is -0.120. The Kier molecular flexibility index (Phi) is 6.75. The first-order valence-electron chi connectivity index (χ1n) is 11.9. The molecule has 2 heterocycles. The van der Waals surface area contributed by atoms with Gasteiger partial charge in [0.2, 0.25) is 0 Å². The van der Waals surface area contributed by atoms with Gasteiger partial charge in [-0.1, -0.05) is 0 Å². The minimum Gasteiger partial charge on any atom is -0.497 e. The van der Waals surface area contributed by atoms with Gasteiger partial charge in [0.05, 0.1) is 18.4 Å². The van der Waals surface area contributed by atoms with E-state index in [2.05, 4.69) is 4.98 Å². The van der Waals surface area contributed by atoms with Crippen molar-refractivity contribution in [3.63, 3.8) is 0 Å². The van der Waals surface area contributed by atoms with Crippen molar-refractivity contribution in [3.05, 3.63) is 78.1 Å². The van der Waals surface area contributed by atoms with Crippen LogP contribution in [0.5, 0.6) is 5.75 Å². The third-order valence-electron chi connectivity index (χ3n) is 6.83. The quantitative estimate of drug-likeness (QED) is 0.283. The molecule has 1 aliphatic heterocycles. The van der Waals surface area contributed by atoms with Gasteiger partial charge in [0.25, 0.3) is 11.8 Å². The van der Waals surface area contributed by atoms with E-state index in [0.29, 0.717) is 29.8 Å². The van der Waals surface area contributed by atoms with Crippen molar-refractivity contribution in [3.8, 4) is 5.75 Å². The minimum absolute atomic E-state index is 0.0108. The molecule has 8 nitrogen and oxygen atoms in total. The van der Waals surface area contributed by atoms with Gasteiger partial charge in [0.15, 0.2) is 0 Å². The number of ether oxygens (including phenoxy) is 1. The van der Waals surface area contributed by atoms with Crippen LogP contribution in [-0.2, 0) is 11.3 Å². The molecule has 0 radical (unpaired) electrons. The number of imide groups is 1. The van der Waals surface area contributed by atoms with Gasteiger partial charge < -0.3 is 14.5 Å². The van der Waals surface area contributed by atoms with Crippen molar-refractivity contribution < 1.29 is 32.3 Å². The van der Waals surface area contributed by atoms with Crippen molar-refractivity contribution in [2.45, 2.75) is 35.3 Å². The zero-order valence-electron chi connectivity index (χ0n) is 20.9. The third-order valence-corrected chi connectivity index (χ3v) is 7.57. The second kappa shape index (κ2) is 9.92. The van der Waals surface area contributed by atoms with Gasteiger partial charge >= 0.3 is 11.5 Å². The number of amides is 4. The molecule has 2 fully saturated rings. The Morgan fingerprint density at radius 3 is 2.33 bits per heavy atom. The molecule has 1 aliphatic carbocycles. The Bertz CT molecular complexity index is 1430. The Balaban J connectivity index is 1.39. The number of halogens is 3. The maximum atomic E-state index is 13.5. The smallest absolute Gasteiger partial charge is 0.446 e. The molecule has 0 unspecified atom stereocenters. The monoisotopic (exact) mass is 556 g/mol. The maximum absolute atomic E-state index is 13.5.